The number of rotatable bonds is 5. The molecule has 0 aromatic heterocycles. The second-order valence-corrected chi connectivity index (χ2v) is 12.9. The van der Waals surface area contributed by atoms with Crippen molar-refractivity contribution in [3.63, 3.8) is 0 Å². The Labute approximate surface area is 271 Å². The van der Waals surface area contributed by atoms with Crippen LogP contribution in [-0.4, -0.2) is 9.80 Å². The van der Waals surface area contributed by atoms with E-state index in [-0.39, 0.29) is 12.1 Å². The van der Waals surface area contributed by atoms with Crippen LogP contribution in [0.5, 0.6) is 0 Å². The van der Waals surface area contributed by atoms with Crippen molar-refractivity contribution in [2.75, 3.05) is 0 Å². The molecule has 2 nitrogen and oxygen atoms in total. The molecule has 2 aliphatic heterocycles. The van der Waals surface area contributed by atoms with Crippen LogP contribution < -0.4 is 0 Å². The van der Waals surface area contributed by atoms with Crippen LogP contribution in [0.25, 0.3) is 32.7 Å². The van der Waals surface area contributed by atoms with E-state index in [1.807, 2.05) is 0 Å². The van der Waals surface area contributed by atoms with Gasteiger partial charge in [0.2, 0.25) is 0 Å². The summed E-state index contributed by atoms with van der Waals surface area (Å²) >= 11 is 0. The largest absolute Gasteiger partial charge is 0.286 e. The number of fused-ring (bicyclic) bond motifs is 8. The first-order valence-corrected chi connectivity index (χ1v) is 16.5. The number of hydrogen-bond acceptors (Lipinski definition) is 2. The summed E-state index contributed by atoms with van der Waals surface area (Å²) in [6.45, 7) is 3.64. The molecular weight excluding hydrogens is 556 g/mol. The molecule has 0 spiro atoms. The Balaban J connectivity index is 1.27. The van der Waals surface area contributed by atoms with Gasteiger partial charge in [-0.3, -0.25) is 9.80 Å². The summed E-state index contributed by atoms with van der Waals surface area (Å²) < 4.78 is 0. The molecule has 0 aliphatic carbocycles. The van der Waals surface area contributed by atoms with Gasteiger partial charge in [0.1, 0.15) is 0 Å². The fourth-order valence-electron chi connectivity index (χ4n) is 8.22. The van der Waals surface area contributed by atoms with Crippen molar-refractivity contribution in [3.05, 3.63) is 191 Å². The smallest absolute Gasteiger partial charge is 0.0552 e. The fourth-order valence-corrected chi connectivity index (χ4v) is 8.22. The summed E-state index contributed by atoms with van der Waals surface area (Å²) in [7, 11) is 0. The van der Waals surface area contributed by atoms with E-state index in [4.69, 9.17) is 0 Å². The maximum absolute atomic E-state index is 2.77. The first-order chi connectivity index (χ1) is 22.8. The van der Waals surface area contributed by atoms with Crippen LogP contribution in [0.15, 0.2) is 158 Å². The molecule has 2 heterocycles. The van der Waals surface area contributed by atoms with Gasteiger partial charge < -0.3 is 0 Å². The highest BCUT2D eigenvalue weighted by molar-refractivity contribution is 6.08. The first-order valence-electron chi connectivity index (χ1n) is 16.5. The second-order valence-electron chi connectivity index (χ2n) is 12.9. The molecule has 7 aromatic carbocycles. The van der Waals surface area contributed by atoms with Crippen molar-refractivity contribution < 1.29 is 0 Å². The average molecular weight is 593 g/mol. The van der Waals surface area contributed by atoms with Crippen molar-refractivity contribution in [2.24, 2.45) is 0 Å². The molecule has 222 valence electrons. The van der Waals surface area contributed by atoms with E-state index in [1.54, 1.807) is 0 Å². The Morgan fingerprint density at radius 2 is 0.696 bits per heavy atom. The van der Waals surface area contributed by atoms with E-state index in [1.165, 1.54) is 66.1 Å². The molecule has 0 amide bonds. The Hall–Kier alpha value is -5.02. The first kappa shape index (κ1) is 27.3. The van der Waals surface area contributed by atoms with Crippen LogP contribution in [0.3, 0.4) is 0 Å². The van der Waals surface area contributed by atoms with Gasteiger partial charge >= 0.3 is 0 Å². The van der Waals surface area contributed by atoms with E-state index in [2.05, 4.69) is 168 Å². The van der Waals surface area contributed by atoms with E-state index >= 15 is 0 Å². The zero-order valence-electron chi connectivity index (χ0n) is 25.9. The summed E-state index contributed by atoms with van der Waals surface area (Å²) in [4.78, 5) is 5.48. The maximum atomic E-state index is 2.77. The highest BCUT2D eigenvalue weighted by Gasteiger charge is 2.38. The van der Waals surface area contributed by atoms with E-state index in [0.29, 0.717) is 0 Å². The minimum absolute atomic E-state index is 0.134. The molecule has 0 saturated carbocycles. The van der Waals surface area contributed by atoms with Crippen LogP contribution >= 0.6 is 0 Å². The Morgan fingerprint density at radius 1 is 0.326 bits per heavy atom. The average Bonchev–Trinajstić information content (AvgIpc) is 3.46. The van der Waals surface area contributed by atoms with Gasteiger partial charge in [0.15, 0.2) is 0 Å². The van der Waals surface area contributed by atoms with E-state index < -0.39 is 0 Å². The van der Waals surface area contributed by atoms with E-state index in [9.17, 15) is 0 Å². The van der Waals surface area contributed by atoms with Gasteiger partial charge in [0.05, 0.1) is 12.1 Å². The lowest BCUT2D eigenvalue weighted by atomic mass is 9.88. The van der Waals surface area contributed by atoms with Gasteiger partial charge in [0.25, 0.3) is 0 Å². The molecule has 2 unspecified atom stereocenters. The van der Waals surface area contributed by atoms with Crippen molar-refractivity contribution in [2.45, 2.75) is 38.3 Å². The van der Waals surface area contributed by atoms with Crippen molar-refractivity contribution in [1.82, 2.24) is 9.80 Å². The third kappa shape index (κ3) is 4.65. The second kappa shape index (κ2) is 11.4. The molecule has 9 rings (SSSR count). The van der Waals surface area contributed by atoms with Crippen molar-refractivity contribution in [1.29, 1.82) is 0 Å². The topological polar surface area (TPSA) is 6.48 Å². The number of benzene rings is 7. The van der Waals surface area contributed by atoms with Gasteiger partial charge in [-0.25, -0.2) is 0 Å². The summed E-state index contributed by atoms with van der Waals surface area (Å²) in [6, 6.07) is 59.1. The molecule has 0 bridgehead atoms. The highest BCUT2D eigenvalue weighted by Crippen LogP contribution is 2.48. The lowest BCUT2D eigenvalue weighted by molar-refractivity contribution is 0.0632. The van der Waals surface area contributed by atoms with Crippen LogP contribution in [-0.2, 0) is 26.2 Å². The molecule has 2 atom stereocenters. The molecule has 2 heteroatoms. The zero-order chi connectivity index (χ0) is 30.5. The quantitative estimate of drug-likeness (QED) is 0.196. The predicted molar refractivity (Wildman–Crippen MR) is 190 cm³/mol. The zero-order valence-corrected chi connectivity index (χ0v) is 25.9. The van der Waals surface area contributed by atoms with Gasteiger partial charge in [-0.2, -0.15) is 0 Å². The third-order valence-corrected chi connectivity index (χ3v) is 10.3. The van der Waals surface area contributed by atoms with Crippen LogP contribution in [0.2, 0.25) is 0 Å². The Kier molecular flexibility index (Phi) is 6.77. The molecule has 2 aliphatic rings. The molecule has 0 N–H and O–H groups in total. The fraction of sp³-hybridized carbons (Fsp3) is 0.136. The molecular formula is C44H36N2. The van der Waals surface area contributed by atoms with Gasteiger partial charge in [-0.15, -0.1) is 0 Å². The Bertz CT molecular complexity index is 2070. The molecule has 0 radical (unpaired) electrons. The highest BCUT2D eigenvalue weighted by atomic mass is 15.3. The van der Waals surface area contributed by atoms with Crippen LogP contribution in [0.4, 0.5) is 0 Å². The lowest BCUT2D eigenvalue weighted by Gasteiger charge is -2.42. The molecule has 7 aromatic rings. The molecule has 0 saturated heterocycles. The SMILES string of the molecule is c1ccc(C(C(c2ccccc2)N2Cc3ccc4ccccc4c3-c3c(ccc4ccccc34)C2)N2Cc3ccccc3C2)cc1. The van der Waals surface area contributed by atoms with E-state index in [0.717, 1.165) is 26.2 Å². The summed E-state index contributed by atoms with van der Waals surface area (Å²) in [5, 5.41) is 5.27. The minimum atomic E-state index is 0.134. The molecule has 0 fully saturated rings. The lowest BCUT2D eigenvalue weighted by Crippen LogP contribution is -2.38. The van der Waals surface area contributed by atoms with Gasteiger partial charge in [-0.1, -0.05) is 158 Å². The van der Waals surface area contributed by atoms with Crippen LogP contribution in [0, 0.1) is 0 Å². The van der Waals surface area contributed by atoms with Crippen molar-refractivity contribution in [3.8, 4) is 11.1 Å². The molecule has 46 heavy (non-hydrogen) atoms. The van der Waals surface area contributed by atoms with Gasteiger partial charge in [0, 0.05) is 26.2 Å². The minimum Gasteiger partial charge on any atom is -0.286 e. The van der Waals surface area contributed by atoms with Crippen molar-refractivity contribution >= 4 is 21.5 Å². The monoisotopic (exact) mass is 592 g/mol. The predicted octanol–water partition coefficient (Wildman–Crippen LogP) is 10.5. The number of hydrogen-bond donors (Lipinski definition) is 0. The summed E-state index contributed by atoms with van der Waals surface area (Å²) in [5.41, 5.74) is 11.2. The third-order valence-electron chi connectivity index (χ3n) is 10.3. The number of nitrogens with zero attached hydrogens (tertiary/aromatic N) is 2. The Morgan fingerprint density at radius 3 is 1.15 bits per heavy atom. The maximum Gasteiger partial charge on any atom is 0.0552 e. The summed E-state index contributed by atoms with van der Waals surface area (Å²) in [6.07, 6.45) is 0. The normalized spacial score (nSPS) is 16.0. The standard InChI is InChI=1S/C44H36N2/c1-3-15-33(16-4-1)43(45-27-35-19-7-8-20-36(35)28-45)44(34-17-5-2-6-18-34)46-29-37-25-23-31-13-9-11-21-39(31)41(37)42-38(30-46)26-24-32-14-10-12-22-40(32)42/h1-26,43-44H,27-30H2. The van der Waals surface area contributed by atoms with Gasteiger partial charge in [-0.05, 0) is 66.1 Å². The summed E-state index contributed by atoms with van der Waals surface area (Å²) in [5.74, 6) is 0. The van der Waals surface area contributed by atoms with Crippen LogP contribution in [0.1, 0.15) is 45.5 Å².